The second kappa shape index (κ2) is 10.5. The van der Waals surface area contributed by atoms with Gasteiger partial charge in [-0.05, 0) is 24.3 Å². The van der Waals surface area contributed by atoms with Gasteiger partial charge in [0, 0.05) is 30.4 Å². The minimum atomic E-state index is 0. The Morgan fingerprint density at radius 1 is 1.32 bits per heavy atom. The molecule has 1 aromatic rings. The van der Waals surface area contributed by atoms with Gasteiger partial charge in [-0.1, -0.05) is 26.8 Å². The van der Waals surface area contributed by atoms with Gasteiger partial charge < -0.3 is 10.6 Å². The maximum absolute atomic E-state index is 4.56. The van der Waals surface area contributed by atoms with E-state index in [-0.39, 0.29) is 24.0 Å². The van der Waals surface area contributed by atoms with Gasteiger partial charge in [0.1, 0.15) is 0 Å². The summed E-state index contributed by atoms with van der Waals surface area (Å²) in [4.78, 5) is 5.98. The number of nitrogens with zero attached hydrogens (tertiary/aromatic N) is 1. The zero-order valence-corrected chi connectivity index (χ0v) is 15.4. The van der Waals surface area contributed by atoms with E-state index in [1.165, 1.54) is 4.88 Å². The topological polar surface area (TPSA) is 36.4 Å². The molecule has 0 amide bonds. The highest BCUT2D eigenvalue weighted by Crippen LogP contribution is 2.19. The standard InChI is InChI=1S/C14H25N3S.HI/c1-5-15-14(16-9-11(2)3)17-10-12(4)13-7-6-8-18-13;/h6-8,11-12H,5,9-10H2,1-4H3,(H2,15,16,17);1H. The first kappa shape index (κ1) is 18.7. The number of thiophene rings is 1. The van der Waals surface area contributed by atoms with Crippen molar-refractivity contribution in [2.24, 2.45) is 10.9 Å². The van der Waals surface area contributed by atoms with Crippen LogP contribution in [-0.4, -0.2) is 25.6 Å². The van der Waals surface area contributed by atoms with Crippen LogP contribution in [0, 0.1) is 5.92 Å². The molecule has 1 heterocycles. The monoisotopic (exact) mass is 395 g/mol. The third-order valence-electron chi connectivity index (χ3n) is 2.56. The predicted molar refractivity (Wildman–Crippen MR) is 97.0 cm³/mol. The quantitative estimate of drug-likeness (QED) is 0.438. The summed E-state index contributed by atoms with van der Waals surface area (Å²) in [6.45, 7) is 11.4. The molecule has 2 N–H and O–H groups in total. The molecule has 1 aromatic heterocycles. The van der Waals surface area contributed by atoms with Crippen LogP contribution in [0.1, 0.15) is 38.5 Å². The Hall–Kier alpha value is -0.300. The lowest BCUT2D eigenvalue weighted by molar-refractivity contribution is 0.650. The van der Waals surface area contributed by atoms with Crippen molar-refractivity contribution >= 4 is 41.3 Å². The van der Waals surface area contributed by atoms with Crippen LogP contribution in [0.15, 0.2) is 22.5 Å². The maximum atomic E-state index is 4.56. The summed E-state index contributed by atoms with van der Waals surface area (Å²) in [6.07, 6.45) is 0. The van der Waals surface area contributed by atoms with Gasteiger partial charge in [-0.2, -0.15) is 0 Å². The molecule has 0 saturated heterocycles. The summed E-state index contributed by atoms with van der Waals surface area (Å²) in [6, 6.07) is 4.30. The molecule has 1 atom stereocenters. The van der Waals surface area contributed by atoms with Crippen LogP contribution in [0.25, 0.3) is 0 Å². The van der Waals surface area contributed by atoms with Crippen molar-refractivity contribution in [2.45, 2.75) is 33.6 Å². The van der Waals surface area contributed by atoms with E-state index in [9.17, 15) is 0 Å². The van der Waals surface area contributed by atoms with E-state index >= 15 is 0 Å². The van der Waals surface area contributed by atoms with Gasteiger partial charge in [0.2, 0.25) is 0 Å². The molecule has 19 heavy (non-hydrogen) atoms. The first-order chi connectivity index (χ1) is 8.63. The molecular formula is C14H26IN3S. The highest BCUT2D eigenvalue weighted by atomic mass is 127. The van der Waals surface area contributed by atoms with Crippen molar-refractivity contribution in [3.05, 3.63) is 22.4 Å². The summed E-state index contributed by atoms with van der Waals surface area (Å²) in [5.41, 5.74) is 0. The molecule has 0 spiro atoms. The van der Waals surface area contributed by atoms with Gasteiger partial charge in [0.05, 0.1) is 0 Å². The van der Waals surface area contributed by atoms with Crippen molar-refractivity contribution in [1.29, 1.82) is 0 Å². The van der Waals surface area contributed by atoms with Gasteiger partial charge in [-0.3, -0.25) is 4.99 Å². The number of rotatable bonds is 6. The molecule has 0 radical (unpaired) electrons. The van der Waals surface area contributed by atoms with Crippen LogP contribution in [0.3, 0.4) is 0 Å². The van der Waals surface area contributed by atoms with E-state index in [1.54, 1.807) is 0 Å². The zero-order chi connectivity index (χ0) is 13.4. The van der Waals surface area contributed by atoms with Gasteiger partial charge in [0.15, 0.2) is 5.96 Å². The van der Waals surface area contributed by atoms with Crippen LogP contribution < -0.4 is 10.6 Å². The first-order valence-corrected chi connectivity index (χ1v) is 7.57. The highest BCUT2D eigenvalue weighted by Gasteiger charge is 2.07. The SMILES string of the molecule is CCNC(=NCC(C)C)NCC(C)c1cccs1.I. The number of hydrogen-bond acceptors (Lipinski definition) is 2. The molecule has 0 aliphatic rings. The lowest BCUT2D eigenvalue weighted by atomic mass is 10.1. The highest BCUT2D eigenvalue weighted by molar-refractivity contribution is 14.0. The summed E-state index contributed by atoms with van der Waals surface area (Å²) >= 11 is 1.81. The second-order valence-electron chi connectivity index (χ2n) is 4.91. The fourth-order valence-electron chi connectivity index (χ4n) is 1.54. The molecule has 0 aliphatic heterocycles. The summed E-state index contributed by atoms with van der Waals surface area (Å²) < 4.78 is 0. The Labute approximate surface area is 138 Å². The largest absolute Gasteiger partial charge is 0.357 e. The van der Waals surface area contributed by atoms with Crippen LogP contribution in [0.4, 0.5) is 0 Å². The fraction of sp³-hybridized carbons (Fsp3) is 0.643. The Morgan fingerprint density at radius 2 is 2.05 bits per heavy atom. The van der Waals surface area contributed by atoms with Crippen LogP contribution in [0.2, 0.25) is 0 Å². The van der Waals surface area contributed by atoms with E-state index in [4.69, 9.17) is 0 Å². The Kier molecular flexibility index (Phi) is 10.3. The predicted octanol–water partition coefficient (Wildman–Crippen LogP) is 3.68. The number of hydrogen-bond donors (Lipinski definition) is 2. The molecule has 0 aliphatic carbocycles. The Balaban J connectivity index is 0.00000324. The minimum absolute atomic E-state index is 0. The summed E-state index contributed by atoms with van der Waals surface area (Å²) in [5.74, 6) is 2.04. The van der Waals surface area contributed by atoms with Gasteiger partial charge in [-0.25, -0.2) is 0 Å². The molecule has 0 fully saturated rings. The number of nitrogens with one attached hydrogen (secondary N) is 2. The number of guanidine groups is 1. The van der Waals surface area contributed by atoms with E-state index in [2.05, 4.69) is 60.8 Å². The maximum Gasteiger partial charge on any atom is 0.191 e. The van der Waals surface area contributed by atoms with E-state index < -0.39 is 0 Å². The van der Waals surface area contributed by atoms with Crippen molar-refractivity contribution in [1.82, 2.24) is 10.6 Å². The molecule has 110 valence electrons. The molecule has 5 heteroatoms. The third kappa shape index (κ3) is 7.77. The van der Waals surface area contributed by atoms with Gasteiger partial charge in [-0.15, -0.1) is 35.3 Å². The number of halogens is 1. The molecule has 3 nitrogen and oxygen atoms in total. The van der Waals surface area contributed by atoms with Gasteiger partial charge in [0.25, 0.3) is 0 Å². The Bertz CT molecular complexity index is 350. The molecule has 0 aromatic carbocycles. The average Bonchev–Trinajstić information content (AvgIpc) is 2.86. The minimum Gasteiger partial charge on any atom is -0.357 e. The second-order valence-corrected chi connectivity index (χ2v) is 5.89. The average molecular weight is 395 g/mol. The third-order valence-corrected chi connectivity index (χ3v) is 3.67. The first-order valence-electron chi connectivity index (χ1n) is 6.69. The van der Waals surface area contributed by atoms with Crippen molar-refractivity contribution < 1.29 is 0 Å². The summed E-state index contributed by atoms with van der Waals surface area (Å²) in [5, 5.41) is 8.82. The van der Waals surface area contributed by atoms with Crippen molar-refractivity contribution in [3.63, 3.8) is 0 Å². The molecule has 1 rings (SSSR count). The van der Waals surface area contributed by atoms with Crippen molar-refractivity contribution in [3.8, 4) is 0 Å². The zero-order valence-electron chi connectivity index (χ0n) is 12.3. The van der Waals surface area contributed by atoms with Crippen LogP contribution in [-0.2, 0) is 0 Å². The van der Waals surface area contributed by atoms with E-state index in [0.717, 1.165) is 25.6 Å². The van der Waals surface area contributed by atoms with Crippen LogP contribution >= 0.6 is 35.3 Å². The van der Waals surface area contributed by atoms with Gasteiger partial charge >= 0.3 is 0 Å². The Morgan fingerprint density at radius 3 is 2.58 bits per heavy atom. The number of aliphatic imine (C=N–C) groups is 1. The smallest absolute Gasteiger partial charge is 0.191 e. The summed E-state index contributed by atoms with van der Waals surface area (Å²) in [7, 11) is 0. The van der Waals surface area contributed by atoms with E-state index in [1.807, 2.05) is 11.3 Å². The van der Waals surface area contributed by atoms with E-state index in [0.29, 0.717) is 11.8 Å². The molecule has 0 saturated carbocycles. The lowest BCUT2D eigenvalue weighted by Gasteiger charge is -2.15. The van der Waals surface area contributed by atoms with Crippen molar-refractivity contribution in [2.75, 3.05) is 19.6 Å². The molecule has 0 bridgehead atoms. The molecular weight excluding hydrogens is 369 g/mol. The fourth-order valence-corrected chi connectivity index (χ4v) is 2.32. The lowest BCUT2D eigenvalue weighted by Crippen LogP contribution is -2.39. The molecule has 1 unspecified atom stereocenters. The van der Waals surface area contributed by atoms with Crippen LogP contribution in [0.5, 0.6) is 0 Å². The normalized spacial score (nSPS) is 13.0.